The second kappa shape index (κ2) is 12.1. The minimum absolute atomic E-state index is 0.116. The van der Waals surface area contributed by atoms with Crippen LogP contribution in [0, 0.1) is 5.92 Å². The van der Waals surface area contributed by atoms with Crippen LogP contribution in [-0.2, 0) is 6.18 Å². The second-order valence-corrected chi connectivity index (χ2v) is 8.58. The summed E-state index contributed by atoms with van der Waals surface area (Å²) in [7, 11) is 3.82. The molecule has 1 aliphatic rings. The van der Waals surface area contributed by atoms with E-state index in [1.165, 1.54) is 37.8 Å². The number of rotatable bonds is 10. The summed E-state index contributed by atoms with van der Waals surface area (Å²) in [5, 5.41) is 0. The molecule has 1 aromatic carbocycles. The first-order valence-electron chi connectivity index (χ1n) is 11.1. The number of halogens is 3. The fraction of sp³-hybridized carbons (Fsp3) is 0.625. The van der Waals surface area contributed by atoms with Gasteiger partial charge in [0.05, 0.1) is 5.56 Å². The Labute approximate surface area is 184 Å². The van der Waals surface area contributed by atoms with E-state index in [-0.39, 0.29) is 11.8 Å². The molecule has 0 heterocycles. The van der Waals surface area contributed by atoms with E-state index in [0.29, 0.717) is 5.92 Å². The third-order valence-corrected chi connectivity index (χ3v) is 6.13. The predicted octanol–water partition coefficient (Wildman–Crippen LogP) is 6.37. The van der Waals surface area contributed by atoms with E-state index >= 15 is 0 Å². The molecule has 0 aliphatic heterocycles. The Hall–Kier alpha value is -2.02. The van der Waals surface area contributed by atoms with Crippen LogP contribution in [0.5, 0.6) is 5.75 Å². The molecule has 31 heavy (non-hydrogen) atoms. The van der Waals surface area contributed by atoms with Gasteiger partial charge in [0, 0.05) is 19.6 Å². The highest BCUT2D eigenvalue weighted by Crippen LogP contribution is 2.32. The van der Waals surface area contributed by atoms with Crippen LogP contribution in [0.3, 0.4) is 0 Å². The molecular formula is C24H35F3N2O2. The van der Waals surface area contributed by atoms with Crippen molar-refractivity contribution < 1.29 is 22.7 Å². The van der Waals surface area contributed by atoms with Crippen molar-refractivity contribution in [2.45, 2.75) is 63.6 Å². The number of hydrogen-bond donors (Lipinski definition) is 0. The van der Waals surface area contributed by atoms with Crippen molar-refractivity contribution >= 4 is 6.09 Å². The van der Waals surface area contributed by atoms with Gasteiger partial charge in [-0.25, -0.2) is 4.79 Å². The minimum atomic E-state index is -4.40. The Kier molecular flexibility index (Phi) is 9.88. The zero-order valence-electron chi connectivity index (χ0n) is 18.7. The Morgan fingerprint density at radius 1 is 1.10 bits per heavy atom. The average molecular weight is 441 g/mol. The van der Waals surface area contributed by atoms with E-state index in [1.807, 2.05) is 6.08 Å². The summed E-state index contributed by atoms with van der Waals surface area (Å²) in [6, 6.07) is 4.32. The molecule has 0 aromatic heterocycles. The average Bonchev–Trinajstić information content (AvgIpc) is 2.73. The minimum Gasteiger partial charge on any atom is -0.410 e. The highest BCUT2D eigenvalue weighted by molar-refractivity contribution is 5.70. The number of likely N-dealkylation sites (N-methyl/N-ethyl adjacent to an activating group) is 1. The normalized spacial score (nSPS) is 19.3. The molecule has 0 saturated heterocycles. The molecular weight excluding hydrogens is 405 g/mol. The molecule has 174 valence electrons. The van der Waals surface area contributed by atoms with Crippen LogP contribution in [-0.4, -0.2) is 49.1 Å². The molecule has 2 rings (SSSR count). The fourth-order valence-electron chi connectivity index (χ4n) is 4.16. The van der Waals surface area contributed by atoms with Crippen LogP contribution in [0.15, 0.2) is 36.9 Å². The molecule has 4 nitrogen and oxygen atoms in total. The van der Waals surface area contributed by atoms with Gasteiger partial charge in [-0.05, 0) is 75.9 Å². The monoisotopic (exact) mass is 440 g/mol. The van der Waals surface area contributed by atoms with Crippen LogP contribution in [0.1, 0.15) is 56.9 Å². The molecule has 0 atom stereocenters. The van der Waals surface area contributed by atoms with Gasteiger partial charge < -0.3 is 14.5 Å². The number of amides is 1. The lowest BCUT2D eigenvalue weighted by molar-refractivity contribution is -0.137. The highest BCUT2D eigenvalue weighted by atomic mass is 19.4. The summed E-state index contributed by atoms with van der Waals surface area (Å²) in [6.07, 6.45) is 5.98. The smallest absolute Gasteiger partial charge is 0.410 e. The van der Waals surface area contributed by atoms with Crippen molar-refractivity contribution in [2.24, 2.45) is 5.92 Å². The van der Waals surface area contributed by atoms with Crippen LogP contribution >= 0.6 is 0 Å². The molecule has 1 amide bonds. The predicted molar refractivity (Wildman–Crippen MR) is 117 cm³/mol. The summed E-state index contributed by atoms with van der Waals surface area (Å²) in [5.41, 5.74) is -0.761. The lowest BCUT2D eigenvalue weighted by atomic mass is 9.82. The van der Waals surface area contributed by atoms with Crippen molar-refractivity contribution in [2.75, 3.05) is 27.2 Å². The van der Waals surface area contributed by atoms with Crippen molar-refractivity contribution in [1.29, 1.82) is 0 Å². The first kappa shape index (κ1) is 25.2. The second-order valence-electron chi connectivity index (χ2n) is 8.58. The maximum atomic E-state index is 12.6. The van der Waals surface area contributed by atoms with Crippen molar-refractivity contribution in [1.82, 2.24) is 9.80 Å². The quantitative estimate of drug-likeness (QED) is 0.313. The maximum absolute atomic E-state index is 12.6. The van der Waals surface area contributed by atoms with Crippen molar-refractivity contribution in [3.05, 3.63) is 42.5 Å². The molecule has 1 saturated carbocycles. The van der Waals surface area contributed by atoms with E-state index in [9.17, 15) is 18.0 Å². The van der Waals surface area contributed by atoms with Crippen LogP contribution in [0.4, 0.5) is 18.0 Å². The highest BCUT2D eigenvalue weighted by Gasteiger charge is 2.31. The molecule has 0 N–H and O–H groups in total. The van der Waals surface area contributed by atoms with Gasteiger partial charge in [0.15, 0.2) is 0 Å². The van der Waals surface area contributed by atoms with Gasteiger partial charge >= 0.3 is 12.3 Å². The first-order chi connectivity index (χ1) is 14.7. The number of hydrogen-bond acceptors (Lipinski definition) is 3. The van der Waals surface area contributed by atoms with Gasteiger partial charge in [0.2, 0.25) is 0 Å². The number of alkyl halides is 3. The third-order valence-electron chi connectivity index (χ3n) is 6.13. The molecule has 1 fully saturated rings. The molecule has 1 aromatic rings. The Bertz CT molecular complexity index is 683. The molecule has 0 radical (unpaired) electrons. The molecule has 0 spiro atoms. The van der Waals surface area contributed by atoms with Gasteiger partial charge in [-0.1, -0.05) is 25.3 Å². The van der Waals surface area contributed by atoms with Gasteiger partial charge in [-0.15, -0.1) is 6.58 Å². The maximum Gasteiger partial charge on any atom is 0.416 e. The van der Waals surface area contributed by atoms with E-state index in [1.54, 1.807) is 11.9 Å². The topological polar surface area (TPSA) is 32.8 Å². The summed E-state index contributed by atoms with van der Waals surface area (Å²) in [4.78, 5) is 16.3. The summed E-state index contributed by atoms with van der Waals surface area (Å²) >= 11 is 0. The standard InChI is InChI=1S/C24H35F3N2O2/c1-4-17-28(2)18-7-5-6-8-19-9-13-21(14-10-19)29(3)23(30)31-22-15-11-20(12-16-22)24(25,26)27/h4,11-12,15-16,19,21H,1,5-10,13-14,17-18H2,2-3H3/t19-,21+. The van der Waals surface area contributed by atoms with E-state index in [0.717, 1.165) is 50.9 Å². The van der Waals surface area contributed by atoms with Gasteiger partial charge in [-0.2, -0.15) is 13.2 Å². The van der Waals surface area contributed by atoms with Gasteiger partial charge in [-0.3, -0.25) is 0 Å². The molecule has 0 bridgehead atoms. The number of ether oxygens (including phenoxy) is 1. The van der Waals surface area contributed by atoms with E-state index in [2.05, 4.69) is 18.5 Å². The fourth-order valence-corrected chi connectivity index (χ4v) is 4.16. The molecule has 1 aliphatic carbocycles. The number of benzene rings is 1. The number of nitrogens with zero attached hydrogens (tertiary/aromatic N) is 2. The van der Waals surface area contributed by atoms with E-state index in [4.69, 9.17) is 4.74 Å². The van der Waals surface area contributed by atoms with Crippen molar-refractivity contribution in [3.63, 3.8) is 0 Å². The Morgan fingerprint density at radius 2 is 1.74 bits per heavy atom. The van der Waals surface area contributed by atoms with Crippen LogP contribution in [0.25, 0.3) is 0 Å². The lowest BCUT2D eigenvalue weighted by Gasteiger charge is -2.34. The van der Waals surface area contributed by atoms with E-state index < -0.39 is 17.8 Å². The largest absolute Gasteiger partial charge is 0.416 e. The summed E-state index contributed by atoms with van der Waals surface area (Å²) in [6.45, 7) is 5.79. The first-order valence-corrected chi connectivity index (χ1v) is 11.1. The summed E-state index contributed by atoms with van der Waals surface area (Å²) < 4.78 is 43.2. The van der Waals surface area contributed by atoms with Gasteiger partial charge in [0.1, 0.15) is 5.75 Å². The molecule has 7 heteroatoms. The number of unbranched alkanes of at least 4 members (excludes halogenated alkanes) is 2. The van der Waals surface area contributed by atoms with Gasteiger partial charge in [0.25, 0.3) is 0 Å². The van der Waals surface area contributed by atoms with Crippen LogP contribution < -0.4 is 4.74 Å². The van der Waals surface area contributed by atoms with Crippen LogP contribution in [0.2, 0.25) is 0 Å². The number of carbonyl (C=O) groups excluding carboxylic acids is 1. The lowest BCUT2D eigenvalue weighted by Crippen LogP contribution is -2.41. The van der Waals surface area contributed by atoms with Crippen molar-refractivity contribution in [3.8, 4) is 5.75 Å². The Balaban J connectivity index is 1.67. The zero-order valence-corrected chi connectivity index (χ0v) is 18.7. The zero-order chi connectivity index (χ0) is 22.9. The SMILES string of the molecule is C=CCN(C)CCCCC[C@H]1CC[C@@H](N(C)C(=O)Oc2ccc(C(F)(F)F)cc2)CC1. The summed E-state index contributed by atoms with van der Waals surface area (Å²) in [5.74, 6) is 0.832. The Morgan fingerprint density at radius 3 is 2.32 bits per heavy atom. The third kappa shape index (κ3) is 8.56. The number of carbonyl (C=O) groups is 1. The molecule has 0 unspecified atom stereocenters.